The number of carbonyl (C=O) groups excluding carboxylic acids is 1. The molecule has 0 fully saturated rings. The molecule has 0 bridgehead atoms. The molecule has 1 N–H and O–H groups in total. The van der Waals surface area contributed by atoms with Gasteiger partial charge in [0.1, 0.15) is 5.75 Å². The van der Waals surface area contributed by atoms with Crippen LogP contribution >= 0.6 is 23.4 Å². The van der Waals surface area contributed by atoms with E-state index in [0.717, 1.165) is 0 Å². The molecule has 1 aromatic heterocycles. The minimum atomic E-state index is -0.0468. The van der Waals surface area contributed by atoms with Gasteiger partial charge in [-0.15, -0.1) is 5.10 Å². The van der Waals surface area contributed by atoms with Crippen molar-refractivity contribution < 1.29 is 9.53 Å². The molecule has 0 aliphatic rings. The van der Waals surface area contributed by atoms with Crippen LogP contribution < -0.4 is 4.74 Å². The fraction of sp³-hybridized carbons (Fsp3) is 0.375. The normalized spacial score (nSPS) is 10.3. The van der Waals surface area contributed by atoms with E-state index >= 15 is 0 Å². The summed E-state index contributed by atoms with van der Waals surface area (Å²) < 4.78 is 5.31. The van der Waals surface area contributed by atoms with Gasteiger partial charge in [-0.05, 0) is 25.1 Å². The predicted molar refractivity (Wildman–Crippen MR) is 96.6 cm³/mol. The molecule has 0 aliphatic heterocycles. The first-order chi connectivity index (χ1) is 12.1. The average Bonchev–Trinajstić information content (AvgIpc) is 3.09. The van der Waals surface area contributed by atoms with Crippen molar-refractivity contribution >= 4 is 29.3 Å². The molecule has 25 heavy (non-hydrogen) atoms. The van der Waals surface area contributed by atoms with Crippen LogP contribution in [0.2, 0.25) is 5.02 Å². The molecule has 0 aliphatic carbocycles. The van der Waals surface area contributed by atoms with Crippen LogP contribution in [0.1, 0.15) is 13.3 Å². The number of aromatic amines is 1. The number of nitriles is 1. The minimum Gasteiger partial charge on any atom is -0.496 e. The van der Waals surface area contributed by atoms with Gasteiger partial charge in [0.2, 0.25) is 11.1 Å². The standard InChI is InChI=1S/C16H18ClN5O2S/c1-3-22(8-4-7-18)14(23)10-25-16-19-15(20-21-16)12-9-11(17)5-6-13(12)24-2/h5-6,9H,3-4,8,10H2,1-2H3,(H,19,20,21). The van der Waals surface area contributed by atoms with Gasteiger partial charge in [-0.1, -0.05) is 23.4 Å². The Morgan fingerprint density at radius 1 is 1.52 bits per heavy atom. The second-order valence-corrected chi connectivity index (χ2v) is 6.36. The second-order valence-electron chi connectivity index (χ2n) is 4.98. The molecule has 0 spiro atoms. The quantitative estimate of drug-likeness (QED) is 0.708. The molecule has 1 heterocycles. The SMILES string of the molecule is CCN(CCC#N)C(=O)CSc1n[nH]c(-c2cc(Cl)ccc2OC)n1. The summed E-state index contributed by atoms with van der Waals surface area (Å²) in [7, 11) is 1.57. The predicted octanol–water partition coefficient (Wildman–Crippen LogP) is 2.99. The number of rotatable bonds is 8. The highest BCUT2D eigenvalue weighted by atomic mass is 35.5. The number of aromatic nitrogens is 3. The smallest absolute Gasteiger partial charge is 0.233 e. The summed E-state index contributed by atoms with van der Waals surface area (Å²) in [6.45, 7) is 2.89. The van der Waals surface area contributed by atoms with Gasteiger partial charge >= 0.3 is 0 Å². The van der Waals surface area contributed by atoms with Gasteiger partial charge in [0.15, 0.2) is 5.82 Å². The topological polar surface area (TPSA) is 94.9 Å². The third-order valence-electron chi connectivity index (χ3n) is 3.43. The van der Waals surface area contributed by atoms with E-state index in [4.69, 9.17) is 21.6 Å². The molecule has 0 saturated carbocycles. The highest BCUT2D eigenvalue weighted by molar-refractivity contribution is 7.99. The number of H-pyrrole nitrogens is 1. The number of hydrogen-bond donors (Lipinski definition) is 1. The van der Waals surface area contributed by atoms with Gasteiger partial charge in [-0.3, -0.25) is 9.89 Å². The van der Waals surface area contributed by atoms with E-state index in [-0.39, 0.29) is 11.7 Å². The number of nitrogens with zero attached hydrogens (tertiary/aromatic N) is 4. The lowest BCUT2D eigenvalue weighted by molar-refractivity contribution is -0.128. The first-order valence-electron chi connectivity index (χ1n) is 7.62. The minimum absolute atomic E-state index is 0.0468. The maximum Gasteiger partial charge on any atom is 0.233 e. The highest BCUT2D eigenvalue weighted by Crippen LogP contribution is 2.31. The number of ether oxygens (including phenoxy) is 1. The molecule has 1 amide bonds. The van der Waals surface area contributed by atoms with Crippen molar-refractivity contribution in [2.45, 2.75) is 18.5 Å². The molecule has 0 unspecified atom stereocenters. The monoisotopic (exact) mass is 379 g/mol. The summed E-state index contributed by atoms with van der Waals surface area (Å²) >= 11 is 7.27. The van der Waals surface area contributed by atoms with Crippen molar-refractivity contribution in [2.24, 2.45) is 0 Å². The number of halogens is 1. The van der Waals surface area contributed by atoms with Gasteiger partial charge < -0.3 is 9.64 Å². The van der Waals surface area contributed by atoms with Crippen molar-refractivity contribution in [2.75, 3.05) is 26.0 Å². The molecular weight excluding hydrogens is 362 g/mol. The fourth-order valence-corrected chi connectivity index (χ4v) is 3.03. The molecule has 132 valence electrons. The Hall–Kier alpha value is -2.24. The molecule has 9 heteroatoms. The van der Waals surface area contributed by atoms with Gasteiger partial charge in [-0.25, -0.2) is 4.98 Å². The number of benzene rings is 1. The zero-order valence-corrected chi connectivity index (χ0v) is 15.5. The average molecular weight is 380 g/mol. The van der Waals surface area contributed by atoms with E-state index in [2.05, 4.69) is 15.2 Å². The summed E-state index contributed by atoms with van der Waals surface area (Å²) in [6.07, 6.45) is 0.323. The van der Waals surface area contributed by atoms with Crippen LogP contribution in [0.5, 0.6) is 5.75 Å². The van der Waals surface area contributed by atoms with E-state index < -0.39 is 0 Å². The van der Waals surface area contributed by atoms with Gasteiger partial charge in [0.05, 0.1) is 30.9 Å². The fourth-order valence-electron chi connectivity index (χ4n) is 2.16. The van der Waals surface area contributed by atoms with Crippen LogP contribution in [0.3, 0.4) is 0 Å². The molecule has 1 aromatic carbocycles. The maximum absolute atomic E-state index is 12.2. The van der Waals surface area contributed by atoms with Crippen LogP contribution in [-0.4, -0.2) is 51.9 Å². The third-order valence-corrected chi connectivity index (χ3v) is 4.50. The van der Waals surface area contributed by atoms with E-state index in [1.165, 1.54) is 11.8 Å². The number of hydrogen-bond acceptors (Lipinski definition) is 6. The van der Waals surface area contributed by atoms with Crippen molar-refractivity contribution in [1.29, 1.82) is 5.26 Å². The van der Waals surface area contributed by atoms with Crippen LogP contribution in [0.4, 0.5) is 0 Å². The lowest BCUT2D eigenvalue weighted by Crippen LogP contribution is -2.33. The summed E-state index contributed by atoms with van der Waals surface area (Å²) in [6, 6.07) is 7.27. The number of thioether (sulfide) groups is 1. The van der Waals surface area contributed by atoms with Crippen LogP contribution in [0.25, 0.3) is 11.4 Å². The molecule has 2 aromatic rings. The van der Waals surface area contributed by atoms with Crippen LogP contribution in [-0.2, 0) is 4.79 Å². The Bertz CT molecular complexity index is 774. The molecule has 2 rings (SSSR count). The first kappa shape index (κ1) is 19.1. The third kappa shape index (κ3) is 5.11. The molecular formula is C16H18ClN5O2S. The number of amides is 1. The Labute approximate surface area is 155 Å². The van der Waals surface area contributed by atoms with Crippen LogP contribution in [0, 0.1) is 11.3 Å². The van der Waals surface area contributed by atoms with Gasteiger partial charge in [0.25, 0.3) is 0 Å². The van der Waals surface area contributed by atoms with Crippen LogP contribution in [0.15, 0.2) is 23.4 Å². The van der Waals surface area contributed by atoms with Crippen molar-refractivity contribution in [3.63, 3.8) is 0 Å². The number of carbonyl (C=O) groups is 1. The molecule has 0 atom stereocenters. The largest absolute Gasteiger partial charge is 0.496 e. The Morgan fingerprint density at radius 3 is 3.00 bits per heavy atom. The highest BCUT2D eigenvalue weighted by Gasteiger charge is 2.15. The molecule has 0 radical (unpaired) electrons. The van der Waals surface area contributed by atoms with Crippen molar-refractivity contribution in [3.05, 3.63) is 23.2 Å². The maximum atomic E-state index is 12.2. The van der Waals surface area contributed by atoms with Crippen molar-refractivity contribution in [3.8, 4) is 23.2 Å². The summed E-state index contributed by atoms with van der Waals surface area (Å²) in [4.78, 5) is 18.2. The number of nitrogens with one attached hydrogen (secondary N) is 1. The van der Waals surface area contributed by atoms with E-state index in [1.54, 1.807) is 30.2 Å². The molecule has 7 nitrogen and oxygen atoms in total. The van der Waals surface area contributed by atoms with E-state index in [1.807, 2.05) is 13.0 Å². The number of methoxy groups -OCH3 is 1. The summed E-state index contributed by atoms with van der Waals surface area (Å²) in [5.41, 5.74) is 0.699. The zero-order chi connectivity index (χ0) is 18.2. The molecule has 0 saturated heterocycles. The zero-order valence-electron chi connectivity index (χ0n) is 14.0. The van der Waals surface area contributed by atoms with Gasteiger partial charge in [-0.2, -0.15) is 5.26 Å². The van der Waals surface area contributed by atoms with E-state index in [9.17, 15) is 4.79 Å². The second kappa shape index (κ2) is 9.30. The van der Waals surface area contributed by atoms with Crippen molar-refractivity contribution in [1.82, 2.24) is 20.1 Å². The first-order valence-corrected chi connectivity index (χ1v) is 8.99. The Kier molecular flexibility index (Phi) is 7.10. The Balaban J connectivity index is 2.04. The summed E-state index contributed by atoms with van der Waals surface area (Å²) in [5.74, 6) is 1.31. The van der Waals surface area contributed by atoms with E-state index in [0.29, 0.717) is 46.8 Å². The van der Waals surface area contributed by atoms with Gasteiger partial charge in [0, 0.05) is 18.1 Å². The lowest BCUT2D eigenvalue weighted by atomic mass is 10.2. The lowest BCUT2D eigenvalue weighted by Gasteiger charge is -2.18. The summed E-state index contributed by atoms with van der Waals surface area (Å²) in [5, 5.41) is 16.6. The Morgan fingerprint density at radius 2 is 2.32 bits per heavy atom.